The van der Waals surface area contributed by atoms with Crippen LogP contribution in [0, 0.1) is 0 Å². The van der Waals surface area contributed by atoms with Crippen molar-refractivity contribution in [1.29, 1.82) is 0 Å². The van der Waals surface area contributed by atoms with Crippen molar-refractivity contribution < 1.29 is 26.5 Å². The Hall–Kier alpha value is -1.33. The Balaban J connectivity index is 0. The predicted molar refractivity (Wildman–Crippen MR) is 215 cm³/mol. The number of allylic oxidation sites excluding steroid dienone is 4. The van der Waals surface area contributed by atoms with Gasteiger partial charge in [0.15, 0.2) is 12.3 Å². The van der Waals surface area contributed by atoms with Crippen LogP contribution in [-0.4, -0.2) is 42.7 Å². The molecule has 296 valence electrons. The number of quaternary nitrogens is 1. The van der Waals surface area contributed by atoms with Crippen LogP contribution in [0.3, 0.4) is 0 Å². The van der Waals surface area contributed by atoms with E-state index in [-0.39, 0.29) is 36.6 Å². The van der Waals surface area contributed by atoms with Crippen LogP contribution in [0.2, 0.25) is 0 Å². The molecule has 0 saturated heterocycles. The lowest BCUT2D eigenvalue weighted by Gasteiger charge is -2.43. The topological polar surface area (TPSA) is 58.2 Å². The molecule has 0 aliphatic carbocycles. The van der Waals surface area contributed by atoms with Gasteiger partial charge in [0.05, 0.1) is 14.1 Å². The fourth-order valence-corrected chi connectivity index (χ4v) is 6.92. The number of nitrogens with one attached hydrogen (secondary N) is 2. The smallest absolute Gasteiger partial charge is 0.224 e. The van der Waals surface area contributed by atoms with Crippen LogP contribution in [0.4, 0.5) is 0 Å². The largest absolute Gasteiger partial charge is 1.00 e. The van der Waals surface area contributed by atoms with Crippen molar-refractivity contribution in [3.8, 4) is 0 Å². The Morgan fingerprint density at radius 2 is 0.700 bits per heavy atom. The van der Waals surface area contributed by atoms with E-state index in [0.717, 1.165) is 38.5 Å². The zero-order valence-corrected chi connectivity index (χ0v) is 35.1. The van der Waals surface area contributed by atoms with Gasteiger partial charge in [-0.3, -0.25) is 14.1 Å². The summed E-state index contributed by atoms with van der Waals surface area (Å²) in [5.41, 5.74) is 0. The highest BCUT2D eigenvalue weighted by Crippen LogP contribution is 2.17. The van der Waals surface area contributed by atoms with Crippen molar-refractivity contribution in [3.63, 3.8) is 0 Å². The molecule has 0 aliphatic heterocycles. The second-order valence-electron chi connectivity index (χ2n) is 15.3. The average Bonchev–Trinajstić information content (AvgIpc) is 3.09. The molecule has 5 nitrogen and oxygen atoms in total. The molecule has 0 radical (unpaired) electrons. The number of unbranched alkanes of at least 4 members (excludes halogenated alkanes) is 22. The van der Waals surface area contributed by atoms with Crippen LogP contribution in [0.1, 0.15) is 220 Å². The molecule has 2 atom stereocenters. The summed E-state index contributed by atoms with van der Waals surface area (Å²) in [4.78, 5) is 25.7. The van der Waals surface area contributed by atoms with E-state index >= 15 is 0 Å². The Morgan fingerprint density at radius 1 is 0.440 bits per heavy atom. The van der Waals surface area contributed by atoms with Crippen LogP contribution < -0.4 is 23.0 Å². The van der Waals surface area contributed by atoms with Gasteiger partial charge >= 0.3 is 0 Å². The summed E-state index contributed by atoms with van der Waals surface area (Å²) in [5, 5.41) is 6.63. The van der Waals surface area contributed by atoms with E-state index in [9.17, 15) is 9.59 Å². The highest BCUT2D eigenvalue weighted by atomic mass is 35.5. The van der Waals surface area contributed by atoms with Gasteiger partial charge < -0.3 is 23.0 Å². The molecule has 6 heteroatoms. The Labute approximate surface area is 319 Å². The van der Waals surface area contributed by atoms with Crippen LogP contribution in [0.5, 0.6) is 0 Å². The Morgan fingerprint density at radius 3 is 0.980 bits per heavy atom. The van der Waals surface area contributed by atoms with E-state index in [1.165, 1.54) is 141 Å². The Bertz CT molecular complexity index is 749. The van der Waals surface area contributed by atoms with Gasteiger partial charge in [0.1, 0.15) is 0 Å². The first-order valence-corrected chi connectivity index (χ1v) is 21.5. The molecule has 0 aromatic carbocycles. The molecule has 0 rings (SSSR count). The van der Waals surface area contributed by atoms with Crippen molar-refractivity contribution >= 4 is 11.8 Å². The van der Waals surface area contributed by atoms with Gasteiger partial charge in [0, 0.05) is 25.7 Å². The number of halogens is 1. The lowest BCUT2D eigenvalue weighted by atomic mass is 10.1. The highest BCUT2D eigenvalue weighted by molar-refractivity contribution is 5.76. The number of amides is 2. The lowest BCUT2D eigenvalue weighted by Crippen LogP contribution is -3.00. The van der Waals surface area contributed by atoms with E-state index < -0.39 is 0 Å². The summed E-state index contributed by atoms with van der Waals surface area (Å²) in [6.45, 7) is 8.81. The zero-order valence-electron chi connectivity index (χ0n) is 34.3. The van der Waals surface area contributed by atoms with E-state index in [1.54, 1.807) is 0 Å². The summed E-state index contributed by atoms with van der Waals surface area (Å²) >= 11 is 0. The molecular weight excluding hydrogens is 638 g/mol. The quantitative estimate of drug-likeness (QED) is 0.0293. The summed E-state index contributed by atoms with van der Waals surface area (Å²) in [6.07, 6.45) is 45.2. The van der Waals surface area contributed by atoms with Gasteiger partial charge in [0.2, 0.25) is 11.8 Å². The van der Waals surface area contributed by atoms with E-state index in [0.29, 0.717) is 17.3 Å². The van der Waals surface area contributed by atoms with Gasteiger partial charge in [-0.25, -0.2) is 0 Å². The maximum absolute atomic E-state index is 12.9. The standard InChI is InChI=1S/C44H85N3O2.ClH/c1-7-11-13-15-17-19-21-23-25-27-29-31-33-35-37-39-43(48)45-41(9-3)47(5,6)42(10-4)46-44(49)40-38-36-34-32-30-28-26-24-22-20-18-16-14-12-8-2;/h23-26,41-42H,7-22,27-40H2,1-6H3,(H-,45,46,48,49);1H/b25-23-,26-24-;. The monoisotopic (exact) mass is 724 g/mol. The highest BCUT2D eigenvalue weighted by Gasteiger charge is 2.36. The molecule has 50 heavy (non-hydrogen) atoms. The molecule has 0 spiro atoms. The molecule has 0 heterocycles. The second kappa shape index (κ2) is 37.4. The van der Waals surface area contributed by atoms with Crippen molar-refractivity contribution in [2.45, 2.75) is 233 Å². The van der Waals surface area contributed by atoms with Gasteiger partial charge in [-0.1, -0.05) is 155 Å². The van der Waals surface area contributed by atoms with Crippen LogP contribution in [0.25, 0.3) is 0 Å². The molecule has 2 N–H and O–H groups in total. The first-order chi connectivity index (χ1) is 23.8. The third-order valence-electron chi connectivity index (χ3n) is 10.4. The summed E-state index contributed by atoms with van der Waals surface area (Å²) < 4.78 is 0.573. The lowest BCUT2D eigenvalue weighted by molar-refractivity contribution is -0.943. The number of carbonyl (C=O) groups excluding carboxylic acids is 2. The zero-order chi connectivity index (χ0) is 36.3. The first kappa shape index (κ1) is 50.8. The fourth-order valence-electron chi connectivity index (χ4n) is 6.92. The molecular formula is C44H86ClN3O2. The third kappa shape index (κ3) is 30.3. The molecule has 0 aromatic rings. The molecule has 0 fully saturated rings. The fraction of sp³-hybridized carbons (Fsp3) is 0.864. The van der Waals surface area contributed by atoms with Crippen molar-refractivity contribution in [2.24, 2.45) is 0 Å². The van der Waals surface area contributed by atoms with Crippen molar-refractivity contribution in [3.05, 3.63) is 24.3 Å². The van der Waals surface area contributed by atoms with E-state index in [1.807, 2.05) is 0 Å². The number of nitrogens with zero attached hydrogens (tertiary/aromatic N) is 1. The number of rotatable bonds is 36. The SMILES string of the molecule is CCCCCCCC/C=C\CCCCCCCC(=O)NC(CC)[N+](C)(C)C(CC)NC(=O)CCCCCCC/C=C\CCCCCCCC.[Cl-]. The number of hydrogen-bond donors (Lipinski definition) is 2. The average molecular weight is 725 g/mol. The van der Waals surface area contributed by atoms with Crippen LogP contribution >= 0.6 is 0 Å². The van der Waals surface area contributed by atoms with Gasteiger partial charge in [0.25, 0.3) is 0 Å². The molecule has 0 aromatic heterocycles. The van der Waals surface area contributed by atoms with Gasteiger partial charge in [-0.15, -0.1) is 0 Å². The summed E-state index contributed by atoms with van der Waals surface area (Å²) in [6, 6.07) is 0. The van der Waals surface area contributed by atoms with E-state index in [4.69, 9.17) is 0 Å². The Kier molecular flexibility index (Phi) is 38.0. The second-order valence-corrected chi connectivity index (χ2v) is 15.3. The molecule has 2 unspecified atom stereocenters. The van der Waals surface area contributed by atoms with Crippen molar-refractivity contribution in [2.75, 3.05) is 14.1 Å². The summed E-state index contributed by atoms with van der Waals surface area (Å²) in [7, 11) is 4.29. The summed E-state index contributed by atoms with van der Waals surface area (Å²) in [5.74, 6) is 0.287. The molecule has 2 amide bonds. The van der Waals surface area contributed by atoms with Gasteiger partial charge in [-0.2, -0.15) is 0 Å². The normalized spacial score (nSPS) is 13.1. The molecule has 0 saturated carbocycles. The minimum atomic E-state index is -0.0132. The minimum Gasteiger partial charge on any atom is -1.00 e. The maximum Gasteiger partial charge on any atom is 0.224 e. The maximum atomic E-state index is 12.9. The predicted octanol–water partition coefficient (Wildman–Crippen LogP) is 9.85. The van der Waals surface area contributed by atoms with E-state index in [2.05, 4.69) is 76.7 Å². The first-order valence-electron chi connectivity index (χ1n) is 21.5. The van der Waals surface area contributed by atoms with Crippen molar-refractivity contribution in [1.82, 2.24) is 10.6 Å². The third-order valence-corrected chi connectivity index (χ3v) is 10.4. The number of hydrogen-bond acceptors (Lipinski definition) is 2. The molecule has 0 bridgehead atoms. The minimum absolute atomic E-state index is 0. The van der Waals surface area contributed by atoms with Crippen LogP contribution in [-0.2, 0) is 9.59 Å². The van der Waals surface area contributed by atoms with Gasteiger partial charge in [-0.05, 0) is 64.2 Å². The number of carbonyl (C=O) groups is 2. The molecule has 0 aliphatic rings. The van der Waals surface area contributed by atoms with Crippen LogP contribution in [0.15, 0.2) is 24.3 Å².